The summed E-state index contributed by atoms with van der Waals surface area (Å²) < 4.78 is 5.77. The van der Waals surface area contributed by atoms with E-state index in [2.05, 4.69) is 66.7 Å². The van der Waals surface area contributed by atoms with E-state index >= 15 is 0 Å². The molecule has 0 aromatic heterocycles. The van der Waals surface area contributed by atoms with Crippen molar-refractivity contribution in [3.8, 4) is 16.9 Å². The van der Waals surface area contributed by atoms with E-state index in [1.165, 1.54) is 32.7 Å². The molecule has 0 saturated carbocycles. The normalized spacial score (nSPS) is 11.0. The van der Waals surface area contributed by atoms with Crippen LogP contribution < -0.4 is 4.74 Å². The molecule has 0 aliphatic carbocycles. The van der Waals surface area contributed by atoms with Crippen LogP contribution >= 0.6 is 0 Å². The molecule has 0 N–H and O–H groups in total. The largest absolute Gasteiger partial charge is 0.494 e. The first-order valence-corrected chi connectivity index (χ1v) is 9.35. The maximum atomic E-state index is 11.0. The quantitative estimate of drug-likeness (QED) is 0.295. The fraction of sp³-hybridized carbons (Fsp3) is 0.160. The number of ether oxygens (including phenoxy) is 1. The second kappa shape index (κ2) is 7.63. The average molecular weight is 354 g/mol. The summed E-state index contributed by atoms with van der Waals surface area (Å²) in [4.78, 5) is 11.0. The fourth-order valence-corrected chi connectivity index (χ4v) is 3.55. The first kappa shape index (κ1) is 17.3. The Kier molecular flexibility index (Phi) is 4.88. The van der Waals surface area contributed by atoms with Gasteiger partial charge in [0, 0.05) is 6.42 Å². The van der Waals surface area contributed by atoms with Crippen LogP contribution in [-0.4, -0.2) is 12.4 Å². The number of fused-ring (bicyclic) bond motifs is 2. The van der Waals surface area contributed by atoms with Gasteiger partial charge >= 0.3 is 0 Å². The zero-order valence-electron chi connectivity index (χ0n) is 15.4. The van der Waals surface area contributed by atoms with Crippen molar-refractivity contribution >= 4 is 27.3 Å². The molecule has 134 valence electrons. The maximum absolute atomic E-state index is 11.0. The zero-order chi connectivity index (χ0) is 18.6. The standard InChI is InChI=1S/C25H22O2/c1-18(26)7-6-16-27-22-14-12-19(13-15-22)25-23-10-4-2-8-20(23)17-21-9-3-5-11-24(21)25/h2-5,8-15,17H,6-7,16H2,1H3. The minimum absolute atomic E-state index is 0.205. The molecule has 4 aromatic carbocycles. The average Bonchev–Trinajstić information content (AvgIpc) is 2.70. The third kappa shape index (κ3) is 3.70. The fourth-order valence-electron chi connectivity index (χ4n) is 3.55. The number of benzene rings is 4. The Morgan fingerprint density at radius 2 is 1.41 bits per heavy atom. The van der Waals surface area contributed by atoms with Crippen molar-refractivity contribution in [2.75, 3.05) is 6.61 Å². The molecule has 4 aromatic rings. The molecule has 0 radical (unpaired) electrons. The van der Waals surface area contributed by atoms with Crippen molar-refractivity contribution in [3.63, 3.8) is 0 Å². The van der Waals surface area contributed by atoms with Gasteiger partial charge in [-0.25, -0.2) is 0 Å². The molecule has 0 bridgehead atoms. The molecule has 0 amide bonds. The maximum Gasteiger partial charge on any atom is 0.129 e. The van der Waals surface area contributed by atoms with Gasteiger partial charge < -0.3 is 9.53 Å². The van der Waals surface area contributed by atoms with Crippen LogP contribution in [0.5, 0.6) is 5.75 Å². The van der Waals surface area contributed by atoms with E-state index in [1.54, 1.807) is 6.92 Å². The van der Waals surface area contributed by atoms with Crippen LogP contribution in [0.3, 0.4) is 0 Å². The van der Waals surface area contributed by atoms with Gasteiger partial charge in [0.05, 0.1) is 6.61 Å². The third-order valence-electron chi connectivity index (χ3n) is 4.86. The summed E-state index contributed by atoms with van der Waals surface area (Å²) in [6, 6.07) is 27.6. The number of Topliss-reactive ketones (excluding diaryl/α,β-unsaturated/α-hetero) is 1. The molecule has 0 spiro atoms. The van der Waals surface area contributed by atoms with E-state index < -0.39 is 0 Å². The predicted octanol–water partition coefficient (Wildman–Crippen LogP) is 6.41. The molecule has 2 heteroatoms. The lowest BCUT2D eigenvalue weighted by Gasteiger charge is -2.13. The molecular weight excluding hydrogens is 332 g/mol. The smallest absolute Gasteiger partial charge is 0.129 e. The van der Waals surface area contributed by atoms with Crippen LogP contribution in [0, 0.1) is 0 Å². The second-order valence-corrected chi connectivity index (χ2v) is 6.87. The summed E-state index contributed by atoms with van der Waals surface area (Å²) in [5.74, 6) is 1.05. The molecule has 27 heavy (non-hydrogen) atoms. The predicted molar refractivity (Wildman–Crippen MR) is 112 cm³/mol. The van der Waals surface area contributed by atoms with Crippen molar-refractivity contribution in [1.29, 1.82) is 0 Å². The van der Waals surface area contributed by atoms with Crippen LogP contribution in [0.4, 0.5) is 0 Å². The highest BCUT2D eigenvalue weighted by Crippen LogP contribution is 2.36. The van der Waals surface area contributed by atoms with Gasteiger partial charge in [-0.15, -0.1) is 0 Å². The van der Waals surface area contributed by atoms with Gasteiger partial charge in [-0.3, -0.25) is 0 Å². The molecule has 0 aliphatic heterocycles. The first-order chi connectivity index (χ1) is 13.2. The van der Waals surface area contributed by atoms with Gasteiger partial charge in [-0.2, -0.15) is 0 Å². The summed E-state index contributed by atoms with van der Waals surface area (Å²) in [6.07, 6.45) is 1.32. The van der Waals surface area contributed by atoms with Crippen molar-refractivity contribution in [2.45, 2.75) is 19.8 Å². The molecule has 4 rings (SSSR count). The number of carbonyl (C=O) groups excluding carboxylic acids is 1. The highest BCUT2D eigenvalue weighted by Gasteiger charge is 2.09. The molecule has 0 fully saturated rings. The molecular formula is C25H22O2. The number of hydrogen-bond acceptors (Lipinski definition) is 2. The lowest BCUT2D eigenvalue weighted by Crippen LogP contribution is -2.00. The van der Waals surface area contributed by atoms with Crippen LogP contribution in [0.25, 0.3) is 32.7 Å². The lowest BCUT2D eigenvalue weighted by atomic mass is 9.92. The van der Waals surface area contributed by atoms with Gasteiger partial charge in [0.15, 0.2) is 0 Å². The number of rotatable bonds is 6. The highest BCUT2D eigenvalue weighted by atomic mass is 16.5. The summed E-state index contributed by atoms with van der Waals surface area (Å²) >= 11 is 0. The van der Waals surface area contributed by atoms with Gasteiger partial charge in [-0.05, 0) is 64.2 Å². The first-order valence-electron chi connectivity index (χ1n) is 9.35. The molecule has 0 atom stereocenters. The van der Waals surface area contributed by atoms with Gasteiger partial charge in [-0.1, -0.05) is 60.7 Å². The Hall–Kier alpha value is -3.13. The molecule has 2 nitrogen and oxygen atoms in total. The summed E-state index contributed by atoms with van der Waals surface area (Å²) in [7, 11) is 0. The molecule has 0 unspecified atom stereocenters. The highest BCUT2D eigenvalue weighted by molar-refractivity contribution is 6.12. The Bertz CT molecular complexity index is 1040. The van der Waals surface area contributed by atoms with E-state index in [0.29, 0.717) is 13.0 Å². The van der Waals surface area contributed by atoms with E-state index in [1.807, 2.05) is 12.1 Å². The topological polar surface area (TPSA) is 26.3 Å². The van der Waals surface area contributed by atoms with Crippen LogP contribution in [-0.2, 0) is 4.79 Å². The van der Waals surface area contributed by atoms with Gasteiger partial charge in [0.1, 0.15) is 11.5 Å². The molecule has 0 saturated heterocycles. The SMILES string of the molecule is CC(=O)CCCOc1ccc(-c2c3ccccc3cc3ccccc23)cc1. The van der Waals surface area contributed by atoms with Crippen LogP contribution in [0.1, 0.15) is 19.8 Å². The van der Waals surface area contributed by atoms with Gasteiger partial charge in [0.25, 0.3) is 0 Å². The van der Waals surface area contributed by atoms with Crippen LogP contribution in [0.2, 0.25) is 0 Å². The zero-order valence-corrected chi connectivity index (χ0v) is 15.4. The molecule has 0 aliphatic rings. The lowest BCUT2D eigenvalue weighted by molar-refractivity contribution is -0.117. The van der Waals surface area contributed by atoms with E-state index in [4.69, 9.17) is 4.74 Å². The van der Waals surface area contributed by atoms with E-state index in [0.717, 1.165) is 12.2 Å². The Labute approximate surface area is 159 Å². The number of carbonyl (C=O) groups is 1. The minimum Gasteiger partial charge on any atom is -0.494 e. The third-order valence-corrected chi connectivity index (χ3v) is 4.86. The number of hydrogen-bond donors (Lipinski definition) is 0. The molecule has 0 heterocycles. The minimum atomic E-state index is 0.205. The van der Waals surface area contributed by atoms with E-state index in [9.17, 15) is 4.79 Å². The summed E-state index contributed by atoms with van der Waals surface area (Å²) in [5.41, 5.74) is 2.44. The summed E-state index contributed by atoms with van der Waals surface area (Å²) in [5, 5.41) is 5.00. The monoisotopic (exact) mass is 354 g/mol. The van der Waals surface area contributed by atoms with Crippen molar-refractivity contribution < 1.29 is 9.53 Å². The Balaban J connectivity index is 1.70. The Morgan fingerprint density at radius 3 is 2.00 bits per heavy atom. The van der Waals surface area contributed by atoms with Gasteiger partial charge in [0.2, 0.25) is 0 Å². The van der Waals surface area contributed by atoms with E-state index in [-0.39, 0.29) is 5.78 Å². The van der Waals surface area contributed by atoms with Crippen molar-refractivity contribution in [3.05, 3.63) is 78.9 Å². The number of ketones is 1. The van der Waals surface area contributed by atoms with Crippen LogP contribution in [0.15, 0.2) is 78.9 Å². The second-order valence-electron chi connectivity index (χ2n) is 6.87. The van der Waals surface area contributed by atoms with Crippen molar-refractivity contribution in [1.82, 2.24) is 0 Å². The van der Waals surface area contributed by atoms with Crippen molar-refractivity contribution in [2.24, 2.45) is 0 Å². The Morgan fingerprint density at radius 1 is 0.815 bits per heavy atom. The summed E-state index contributed by atoms with van der Waals surface area (Å²) in [6.45, 7) is 2.18.